The number of ether oxygens (including phenoxy) is 3. The van der Waals surface area contributed by atoms with Gasteiger partial charge in [0.25, 0.3) is 0 Å². The molecule has 0 aliphatic heterocycles. The van der Waals surface area contributed by atoms with Gasteiger partial charge in [-0.15, -0.1) is 11.6 Å². The summed E-state index contributed by atoms with van der Waals surface area (Å²) in [5.74, 6) is 0.692. The summed E-state index contributed by atoms with van der Waals surface area (Å²) in [6.45, 7) is 8.55. The molecule has 0 saturated heterocycles. The lowest BCUT2D eigenvalue weighted by Gasteiger charge is -2.15. The first-order valence-electron chi connectivity index (χ1n) is 13.9. The van der Waals surface area contributed by atoms with E-state index in [-0.39, 0.29) is 11.9 Å². The minimum Gasteiger partial charge on any atom is -0.494 e. The van der Waals surface area contributed by atoms with Crippen molar-refractivity contribution in [3.05, 3.63) is 61.2 Å². The molecule has 208 valence electrons. The fourth-order valence-electron chi connectivity index (χ4n) is 3.93. The van der Waals surface area contributed by atoms with Gasteiger partial charge in [-0.05, 0) is 54.2 Å². The van der Waals surface area contributed by atoms with Crippen molar-refractivity contribution in [2.45, 2.75) is 83.4 Å². The molecule has 0 heterocycles. The Balaban J connectivity index is 1.57. The maximum Gasteiger partial charge on any atom is 0.330 e. The Hall–Kier alpha value is -2.79. The van der Waals surface area contributed by atoms with Crippen molar-refractivity contribution in [2.75, 3.05) is 13.2 Å². The number of hydrogen-bond acceptors (Lipinski definition) is 5. The molecule has 0 fully saturated rings. The molecular weight excluding hydrogens is 500 g/mol. The molecular formula is C32H43ClO5. The lowest BCUT2D eigenvalue weighted by molar-refractivity contribution is -0.138. The van der Waals surface area contributed by atoms with E-state index in [9.17, 15) is 9.59 Å². The van der Waals surface area contributed by atoms with Gasteiger partial charge < -0.3 is 14.2 Å². The van der Waals surface area contributed by atoms with E-state index in [2.05, 4.69) is 6.58 Å². The average molecular weight is 543 g/mol. The van der Waals surface area contributed by atoms with E-state index in [0.29, 0.717) is 12.4 Å². The lowest BCUT2D eigenvalue weighted by Crippen LogP contribution is -2.26. The highest BCUT2D eigenvalue weighted by Crippen LogP contribution is 2.26. The molecule has 0 saturated carbocycles. The van der Waals surface area contributed by atoms with Crippen LogP contribution in [-0.2, 0) is 14.3 Å². The number of esters is 2. The molecule has 0 unspecified atom stereocenters. The maximum absolute atomic E-state index is 12.2. The second kappa shape index (κ2) is 18.5. The quantitative estimate of drug-likeness (QED) is 0.0585. The molecule has 0 N–H and O–H groups in total. The van der Waals surface area contributed by atoms with Gasteiger partial charge in [0.1, 0.15) is 16.9 Å². The second-order valence-corrected chi connectivity index (χ2v) is 10.1. The standard InChI is InChI=1S/C32H43ClO5/c1-4-25(3)31(33)32(35)38-29-21-17-27(18-22-29)26-15-19-28(20-16-26)36-23-13-11-9-7-6-8-10-12-14-24-37-30(34)5-2/h5,15-22,25,31H,2,4,6-14,23-24H2,1,3H3/t25-,31-/m0/s1. The topological polar surface area (TPSA) is 61.8 Å². The van der Waals surface area contributed by atoms with Gasteiger partial charge in [0.15, 0.2) is 0 Å². The first-order valence-corrected chi connectivity index (χ1v) is 14.4. The van der Waals surface area contributed by atoms with Gasteiger partial charge in [-0.1, -0.05) is 96.1 Å². The fraction of sp³-hybridized carbons (Fsp3) is 0.500. The van der Waals surface area contributed by atoms with Crippen LogP contribution in [0.2, 0.25) is 0 Å². The molecule has 2 atom stereocenters. The molecule has 2 aromatic rings. The Morgan fingerprint density at radius 1 is 0.789 bits per heavy atom. The van der Waals surface area contributed by atoms with Crippen molar-refractivity contribution < 1.29 is 23.8 Å². The summed E-state index contributed by atoms with van der Waals surface area (Å²) >= 11 is 6.18. The summed E-state index contributed by atoms with van der Waals surface area (Å²) in [4.78, 5) is 23.1. The van der Waals surface area contributed by atoms with Crippen molar-refractivity contribution in [1.29, 1.82) is 0 Å². The SMILES string of the molecule is C=CC(=O)OCCCCCCCCCCCOc1ccc(-c2ccc(OC(=O)[C@@H](Cl)[C@@H](C)CC)cc2)cc1. The molecule has 0 aliphatic carbocycles. The monoisotopic (exact) mass is 542 g/mol. The highest BCUT2D eigenvalue weighted by atomic mass is 35.5. The number of hydrogen-bond donors (Lipinski definition) is 0. The highest BCUT2D eigenvalue weighted by molar-refractivity contribution is 6.30. The van der Waals surface area contributed by atoms with E-state index >= 15 is 0 Å². The van der Waals surface area contributed by atoms with Gasteiger partial charge in [0.05, 0.1) is 13.2 Å². The minimum absolute atomic E-state index is 0.0690. The van der Waals surface area contributed by atoms with E-state index in [4.69, 9.17) is 25.8 Å². The molecule has 0 spiro atoms. The van der Waals surface area contributed by atoms with Gasteiger partial charge in [0, 0.05) is 6.08 Å². The maximum atomic E-state index is 12.2. The van der Waals surface area contributed by atoms with Crippen LogP contribution in [0.5, 0.6) is 11.5 Å². The summed E-state index contributed by atoms with van der Waals surface area (Å²) in [7, 11) is 0. The predicted octanol–water partition coefficient (Wildman–Crippen LogP) is 8.53. The third-order valence-electron chi connectivity index (χ3n) is 6.60. The van der Waals surface area contributed by atoms with Crippen molar-refractivity contribution in [2.24, 2.45) is 5.92 Å². The number of rotatable bonds is 19. The van der Waals surface area contributed by atoms with Gasteiger partial charge >= 0.3 is 11.9 Å². The largest absolute Gasteiger partial charge is 0.494 e. The number of unbranched alkanes of at least 4 members (excludes halogenated alkanes) is 8. The van der Waals surface area contributed by atoms with Crippen LogP contribution in [0.3, 0.4) is 0 Å². The third kappa shape index (κ3) is 12.2. The molecule has 0 bridgehead atoms. The van der Waals surface area contributed by atoms with Crippen LogP contribution in [0, 0.1) is 5.92 Å². The zero-order valence-electron chi connectivity index (χ0n) is 23.0. The van der Waals surface area contributed by atoms with Crippen LogP contribution < -0.4 is 9.47 Å². The minimum atomic E-state index is -0.642. The summed E-state index contributed by atoms with van der Waals surface area (Å²) in [5, 5.41) is -0.642. The third-order valence-corrected chi connectivity index (χ3v) is 7.21. The highest BCUT2D eigenvalue weighted by Gasteiger charge is 2.23. The first kappa shape index (κ1) is 31.4. The molecule has 6 heteroatoms. The molecule has 0 aliphatic rings. The second-order valence-electron chi connectivity index (χ2n) is 9.66. The van der Waals surface area contributed by atoms with Crippen LogP contribution in [0.4, 0.5) is 0 Å². The first-order chi connectivity index (χ1) is 18.4. The summed E-state index contributed by atoms with van der Waals surface area (Å²) < 4.78 is 16.3. The zero-order chi connectivity index (χ0) is 27.6. The van der Waals surface area contributed by atoms with Crippen LogP contribution in [0.15, 0.2) is 61.2 Å². The van der Waals surface area contributed by atoms with Crippen molar-refractivity contribution in [3.63, 3.8) is 0 Å². The summed E-state index contributed by atoms with van der Waals surface area (Å²) in [6, 6.07) is 15.5. The van der Waals surface area contributed by atoms with Crippen molar-refractivity contribution in [3.8, 4) is 22.6 Å². The number of carbonyl (C=O) groups excluding carboxylic acids is 2. The van der Waals surface area contributed by atoms with E-state index in [1.54, 1.807) is 12.1 Å². The smallest absolute Gasteiger partial charge is 0.330 e. The van der Waals surface area contributed by atoms with E-state index in [1.165, 1.54) is 44.6 Å². The molecule has 38 heavy (non-hydrogen) atoms. The molecule has 2 rings (SSSR count). The van der Waals surface area contributed by atoms with Crippen LogP contribution in [0.25, 0.3) is 11.1 Å². The number of carbonyl (C=O) groups is 2. The number of alkyl halides is 1. The van der Waals surface area contributed by atoms with Crippen molar-refractivity contribution in [1.82, 2.24) is 0 Å². The van der Waals surface area contributed by atoms with Crippen molar-refractivity contribution >= 4 is 23.5 Å². The lowest BCUT2D eigenvalue weighted by atomic mass is 10.0. The Morgan fingerprint density at radius 2 is 1.26 bits per heavy atom. The van der Waals surface area contributed by atoms with Gasteiger partial charge in [0.2, 0.25) is 0 Å². The van der Waals surface area contributed by atoms with Crippen LogP contribution in [-0.4, -0.2) is 30.5 Å². The Morgan fingerprint density at radius 3 is 1.76 bits per heavy atom. The average Bonchev–Trinajstić information content (AvgIpc) is 2.95. The van der Waals surface area contributed by atoms with Gasteiger partial charge in [-0.2, -0.15) is 0 Å². The Bertz CT molecular complexity index is 955. The molecule has 0 amide bonds. The normalized spacial score (nSPS) is 12.4. The molecule has 0 aromatic heterocycles. The Kier molecular flexibility index (Phi) is 15.3. The Labute approximate surface area is 233 Å². The van der Waals surface area contributed by atoms with Gasteiger partial charge in [-0.25, -0.2) is 4.79 Å². The summed E-state index contributed by atoms with van der Waals surface area (Å²) in [6.07, 6.45) is 12.4. The zero-order valence-corrected chi connectivity index (χ0v) is 23.7. The molecule has 5 nitrogen and oxygen atoms in total. The van der Waals surface area contributed by atoms with E-state index in [0.717, 1.165) is 49.2 Å². The molecule has 2 aromatic carbocycles. The summed E-state index contributed by atoms with van der Waals surface area (Å²) in [5.41, 5.74) is 2.11. The predicted molar refractivity (Wildman–Crippen MR) is 155 cm³/mol. The van der Waals surface area contributed by atoms with E-state index in [1.807, 2.05) is 50.2 Å². The van der Waals surface area contributed by atoms with Crippen LogP contribution in [0.1, 0.15) is 78.1 Å². The van der Waals surface area contributed by atoms with Gasteiger partial charge in [-0.3, -0.25) is 4.79 Å². The number of benzene rings is 2. The fourth-order valence-corrected chi connectivity index (χ4v) is 4.16. The van der Waals surface area contributed by atoms with Crippen LogP contribution >= 0.6 is 11.6 Å². The van der Waals surface area contributed by atoms with E-state index < -0.39 is 11.3 Å². The molecule has 0 radical (unpaired) electrons. The number of halogens is 1.